The molecule has 0 fully saturated rings. The van der Waals surface area contributed by atoms with Gasteiger partial charge in [0.2, 0.25) is 5.91 Å². The molecule has 1 amide bonds. The summed E-state index contributed by atoms with van der Waals surface area (Å²) in [5, 5.41) is 11.3. The second kappa shape index (κ2) is 7.39. The van der Waals surface area contributed by atoms with E-state index in [1.807, 2.05) is 0 Å². The quantitative estimate of drug-likeness (QED) is 0.574. The summed E-state index contributed by atoms with van der Waals surface area (Å²) in [5.41, 5.74) is 0.434. The minimum absolute atomic E-state index is 0.185. The summed E-state index contributed by atoms with van der Waals surface area (Å²) in [6.07, 6.45) is 0. The number of hydrogen-bond acceptors (Lipinski definition) is 4. The third-order valence-electron chi connectivity index (χ3n) is 2.33. The molecule has 108 valence electrons. The number of carboxylic acids is 1. The summed E-state index contributed by atoms with van der Waals surface area (Å²) < 4.78 is 4.60. The van der Waals surface area contributed by atoms with Gasteiger partial charge >= 0.3 is 11.9 Å². The maximum atomic E-state index is 11.9. The van der Waals surface area contributed by atoms with Gasteiger partial charge in [-0.2, -0.15) is 0 Å². The number of carbonyl (C=O) groups is 3. The van der Waals surface area contributed by atoms with Gasteiger partial charge in [0.15, 0.2) is 0 Å². The van der Waals surface area contributed by atoms with Crippen LogP contribution in [-0.2, 0) is 14.3 Å². The van der Waals surface area contributed by atoms with Crippen molar-refractivity contribution in [3.8, 4) is 0 Å². The van der Waals surface area contributed by atoms with Crippen molar-refractivity contribution in [1.82, 2.24) is 0 Å². The molecule has 0 aromatic heterocycles. The Bertz CT molecular complexity index is 534. The molecule has 1 aromatic rings. The van der Waals surface area contributed by atoms with E-state index in [2.05, 4.69) is 41.9 Å². The van der Waals surface area contributed by atoms with Crippen molar-refractivity contribution >= 4 is 55.4 Å². The molecule has 0 aliphatic heterocycles. The number of halogens is 2. The van der Waals surface area contributed by atoms with Crippen LogP contribution < -0.4 is 5.32 Å². The fourth-order valence-electron chi connectivity index (χ4n) is 1.34. The van der Waals surface area contributed by atoms with Crippen LogP contribution in [-0.4, -0.2) is 39.7 Å². The number of aliphatic carboxylic acids is 1. The summed E-state index contributed by atoms with van der Waals surface area (Å²) in [4.78, 5) is 32.2. The summed E-state index contributed by atoms with van der Waals surface area (Å²) >= 11 is 5.87. The number of benzene rings is 1. The number of anilines is 1. The maximum Gasteiger partial charge on any atom is 0.339 e. The highest BCUT2D eigenvalue weighted by molar-refractivity contribution is 9.12. The Morgan fingerprint density at radius 1 is 1.20 bits per heavy atom. The molecule has 0 aliphatic carbocycles. The molecule has 0 spiro atoms. The van der Waals surface area contributed by atoms with Gasteiger partial charge < -0.3 is 15.2 Å². The van der Waals surface area contributed by atoms with Crippen molar-refractivity contribution in [2.45, 2.75) is 9.65 Å². The summed E-state index contributed by atoms with van der Waals surface area (Å²) in [6.45, 7) is 0. The second-order valence-corrected chi connectivity index (χ2v) is 5.64. The van der Waals surface area contributed by atoms with Gasteiger partial charge in [0.05, 0.1) is 18.4 Å². The Morgan fingerprint density at radius 2 is 1.80 bits per heavy atom. The highest BCUT2D eigenvalue weighted by Crippen LogP contribution is 2.20. The third kappa shape index (κ3) is 4.04. The molecule has 8 heteroatoms. The molecule has 0 saturated carbocycles. The number of ether oxygens (including phenoxy) is 1. The minimum atomic E-state index is -1.18. The first-order chi connectivity index (χ1) is 9.38. The van der Waals surface area contributed by atoms with E-state index in [-0.39, 0.29) is 11.3 Å². The zero-order valence-corrected chi connectivity index (χ0v) is 13.5. The molecule has 0 heterocycles. The van der Waals surface area contributed by atoms with E-state index in [0.717, 1.165) is 0 Å². The van der Waals surface area contributed by atoms with Crippen molar-refractivity contribution in [2.75, 3.05) is 12.4 Å². The molecule has 20 heavy (non-hydrogen) atoms. The van der Waals surface area contributed by atoms with Gasteiger partial charge in [0.25, 0.3) is 0 Å². The van der Waals surface area contributed by atoms with Crippen molar-refractivity contribution in [3.05, 3.63) is 29.8 Å². The van der Waals surface area contributed by atoms with Crippen LogP contribution in [0.2, 0.25) is 0 Å². The molecule has 1 rings (SSSR count). The molecule has 0 unspecified atom stereocenters. The average molecular weight is 409 g/mol. The number of nitrogens with one attached hydrogen (secondary N) is 1. The zero-order valence-electron chi connectivity index (χ0n) is 10.3. The molecule has 2 atom stereocenters. The lowest BCUT2D eigenvalue weighted by atomic mass is 10.1. The third-order valence-corrected chi connectivity index (χ3v) is 4.91. The number of amides is 1. The van der Waals surface area contributed by atoms with Gasteiger partial charge in [-0.3, -0.25) is 9.59 Å². The highest BCUT2D eigenvalue weighted by Gasteiger charge is 2.29. The van der Waals surface area contributed by atoms with Gasteiger partial charge in [-0.1, -0.05) is 44.0 Å². The lowest BCUT2D eigenvalue weighted by Crippen LogP contribution is -2.35. The first kappa shape index (κ1) is 16.6. The van der Waals surface area contributed by atoms with Crippen molar-refractivity contribution in [2.24, 2.45) is 0 Å². The van der Waals surface area contributed by atoms with Crippen LogP contribution in [0.1, 0.15) is 10.4 Å². The zero-order chi connectivity index (χ0) is 15.3. The number of esters is 1. The van der Waals surface area contributed by atoms with Crippen molar-refractivity contribution in [3.63, 3.8) is 0 Å². The van der Waals surface area contributed by atoms with Crippen LogP contribution >= 0.6 is 31.9 Å². The first-order valence-corrected chi connectivity index (χ1v) is 7.20. The smallest absolute Gasteiger partial charge is 0.339 e. The van der Waals surface area contributed by atoms with Crippen LogP contribution in [0.3, 0.4) is 0 Å². The number of rotatable bonds is 5. The Labute approximate surface area is 131 Å². The number of alkyl halides is 2. The van der Waals surface area contributed by atoms with Crippen LogP contribution in [0.5, 0.6) is 0 Å². The Balaban J connectivity index is 2.91. The van der Waals surface area contributed by atoms with Crippen LogP contribution in [0.15, 0.2) is 24.3 Å². The lowest BCUT2D eigenvalue weighted by molar-refractivity contribution is -0.137. The fourth-order valence-corrected chi connectivity index (χ4v) is 1.92. The number of methoxy groups -OCH3 is 1. The summed E-state index contributed by atoms with van der Waals surface area (Å²) in [5.74, 6) is -2.37. The Kier molecular flexibility index (Phi) is 6.15. The van der Waals surface area contributed by atoms with Crippen molar-refractivity contribution < 1.29 is 24.2 Å². The number of para-hydroxylation sites is 1. The SMILES string of the molecule is COC(=O)c1ccccc1NC(=O)[C@@H](Br)[C@H](Br)C(=O)O. The van der Waals surface area contributed by atoms with E-state index >= 15 is 0 Å². The van der Waals surface area contributed by atoms with E-state index in [9.17, 15) is 14.4 Å². The van der Waals surface area contributed by atoms with Gasteiger partial charge in [0, 0.05) is 0 Å². The Morgan fingerprint density at radius 3 is 2.35 bits per heavy atom. The first-order valence-electron chi connectivity index (χ1n) is 5.37. The second-order valence-electron chi connectivity index (χ2n) is 3.67. The minimum Gasteiger partial charge on any atom is -0.480 e. The highest BCUT2D eigenvalue weighted by atomic mass is 79.9. The molecular weight excluding hydrogens is 398 g/mol. The molecule has 1 aromatic carbocycles. The average Bonchev–Trinajstić information content (AvgIpc) is 2.45. The molecular formula is C12H11Br2NO5. The predicted octanol–water partition coefficient (Wildman–Crippen LogP) is 2.02. The maximum absolute atomic E-state index is 11.9. The molecule has 6 nitrogen and oxygen atoms in total. The van der Waals surface area contributed by atoms with E-state index < -0.39 is 27.5 Å². The summed E-state index contributed by atoms with van der Waals surface area (Å²) in [6, 6.07) is 6.27. The van der Waals surface area contributed by atoms with Gasteiger partial charge in [0.1, 0.15) is 9.65 Å². The van der Waals surface area contributed by atoms with Crippen LogP contribution in [0.25, 0.3) is 0 Å². The van der Waals surface area contributed by atoms with E-state index in [0.29, 0.717) is 0 Å². The number of carbonyl (C=O) groups excluding carboxylic acids is 2. The molecule has 0 saturated heterocycles. The molecule has 0 radical (unpaired) electrons. The predicted molar refractivity (Wildman–Crippen MR) is 79.5 cm³/mol. The van der Waals surface area contributed by atoms with Gasteiger partial charge in [-0.25, -0.2) is 4.79 Å². The lowest BCUT2D eigenvalue weighted by Gasteiger charge is -2.14. The monoisotopic (exact) mass is 407 g/mol. The van der Waals surface area contributed by atoms with Gasteiger partial charge in [-0.05, 0) is 12.1 Å². The molecule has 0 aliphatic rings. The van der Waals surface area contributed by atoms with Crippen LogP contribution in [0, 0.1) is 0 Å². The fraction of sp³-hybridized carbons (Fsp3) is 0.250. The van der Waals surface area contributed by atoms with Crippen molar-refractivity contribution in [1.29, 1.82) is 0 Å². The van der Waals surface area contributed by atoms with Crippen LogP contribution in [0.4, 0.5) is 5.69 Å². The van der Waals surface area contributed by atoms with E-state index in [4.69, 9.17) is 5.11 Å². The summed E-state index contributed by atoms with van der Waals surface area (Å²) in [7, 11) is 1.23. The topological polar surface area (TPSA) is 92.7 Å². The number of hydrogen-bond donors (Lipinski definition) is 2. The Hall–Kier alpha value is -1.41. The van der Waals surface area contributed by atoms with E-state index in [1.165, 1.54) is 19.2 Å². The van der Waals surface area contributed by atoms with E-state index in [1.54, 1.807) is 12.1 Å². The largest absolute Gasteiger partial charge is 0.480 e. The normalized spacial score (nSPS) is 13.2. The molecule has 0 bridgehead atoms. The van der Waals surface area contributed by atoms with Gasteiger partial charge in [-0.15, -0.1) is 0 Å². The molecule has 2 N–H and O–H groups in total. The number of carboxylic acid groups (broad SMARTS) is 1. The standard InChI is InChI=1S/C12H11Br2NO5/c1-20-12(19)6-4-2-3-5-7(6)15-10(16)8(13)9(14)11(17)18/h2-5,8-9H,1H3,(H,15,16)(H,17,18)/t8-,9-/m0/s1.